The second-order valence-corrected chi connectivity index (χ2v) is 4.62. The zero-order valence-corrected chi connectivity index (χ0v) is 9.30. The topological polar surface area (TPSA) is 66.6 Å². The molecule has 0 aromatic carbocycles. The monoisotopic (exact) mass is 216 g/mol. The fourth-order valence-electron chi connectivity index (χ4n) is 1.43. The summed E-state index contributed by atoms with van der Waals surface area (Å²) in [6.07, 6.45) is 0.236. The molecule has 5 heteroatoms. The van der Waals surface area contributed by atoms with Gasteiger partial charge >= 0.3 is 0 Å². The summed E-state index contributed by atoms with van der Waals surface area (Å²) in [7, 11) is 0. The second kappa shape index (κ2) is 3.82. The number of likely N-dealkylation sites (tertiary alicyclic amines) is 1. The molecule has 1 unspecified atom stereocenters. The van der Waals surface area contributed by atoms with Gasteiger partial charge in [0.15, 0.2) is 0 Å². The third-order valence-corrected chi connectivity index (χ3v) is 3.11. The first-order chi connectivity index (χ1) is 6.35. The Hall–Kier alpha value is -0.680. The maximum Gasteiger partial charge on any atom is 0.235 e. The molecular formula is C9H16N2O2S. The Morgan fingerprint density at radius 2 is 2.21 bits per heavy atom. The summed E-state index contributed by atoms with van der Waals surface area (Å²) in [6.45, 7) is 4.40. The van der Waals surface area contributed by atoms with E-state index in [1.807, 2.05) is 0 Å². The molecule has 0 aromatic heterocycles. The first kappa shape index (κ1) is 11.4. The van der Waals surface area contributed by atoms with E-state index in [1.165, 1.54) is 0 Å². The third-order valence-electron chi connectivity index (χ3n) is 2.60. The van der Waals surface area contributed by atoms with Gasteiger partial charge in [0.05, 0.1) is 16.5 Å². The van der Waals surface area contributed by atoms with E-state index in [0.29, 0.717) is 19.5 Å². The molecule has 14 heavy (non-hydrogen) atoms. The van der Waals surface area contributed by atoms with Gasteiger partial charge in [0.25, 0.3) is 0 Å². The minimum atomic E-state index is -0.806. The van der Waals surface area contributed by atoms with Crippen molar-refractivity contribution < 1.29 is 9.90 Å². The summed E-state index contributed by atoms with van der Waals surface area (Å²) in [5.74, 6) is -0.0958. The second-order valence-electron chi connectivity index (χ2n) is 4.18. The molecule has 0 radical (unpaired) electrons. The number of hydrogen-bond acceptors (Lipinski definition) is 3. The summed E-state index contributed by atoms with van der Waals surface area (Å²) < 4.78 is 0. The van der Waals surface area contributed by atoms with Crippen LogP contribution in [0.1, 0.15) is 20.3 Å². The standard InChI is InChI=1S/C9H16N2O2S/c1-9(2,7(10)14)8(13)11-4-3-6(12)5-11/h6,12H,3-5H2,1-2H3,(H2,10,14). The number of rotatable bonds is 2. The first-order valence-corrected chi connectivity index (χ1v) is 5.04. The summed E-state index contributed by atoms with van der Waals surface area (Å²) in [5, 5.41) is 9.29. The van der Waals surface area contributed by atoms with Crippen molar-refractivity contribution in [1.29, 1.82) is 0 Å². The number of carbonyl (C=O) groups is 1. The maximum atomic E-state index is 11.9. The van der Waals surface area contributed by atoms with Crippen LogP contribution in [0.2, 0.25) is 0 Å². The molecule has 0 saturated carbocycles. The normalized spacial score (nSPS) is 22.5. The van der Waals surface area contributed by atoms with Gasteiger partial charge < -0.3 is 15.7 Å². The van der Waals surface area contributed by atoms with Gasteiger partial charge in [-0.1, -0.05) is 12.2 Å². The highest BCUT2D eigenvalue weighted by Gasteiger charge is 2.37. The van der Waals surface area contributed by atoms with Gasteiger partial charge in [-0.3, -0.25) is 4.79 Å². The molecule has 4 nitrogen and oxygen atoms in total. The molecule has 1 aliphatic rings. The Balaban J connectivity index is 2.70. The molecule has 1 atom stereocenters. The number of β-amino-alcohol motifs (C(OH)–C–C–N with tert-alkyl or cyclic N) is 1. The quantitative estimate of drug-likeness (QED) is 0.632. The average Bonchev–Trinajstić information content (AvgIpc) is 2.50. The van der Waals surface area contributed by atoms with E-state index in [2.05, 4.69) is 0 Å². The van der Waals surface area contributed by atoms with Crippen LogP contribution in [-0.4, -0.2) is 40.1 Å². The van der Waals surface area contributed by atoms with Gasteiger partial charge in [-0.05, 0) is 20.3 Å². The fraction of sp³-hybridized carbons (Fsp3) is 0.778. The lowest BCUT2D eigenvalue weighted by Gasteiger charge is -2.27. The van der Waals surface area contributed by atoms with Crippen molar-refractivity contribution >= 4 is 23.1 Å². The summed E-state index contributed by atoms with van der Waals surface area (Å²) in [5.41, 5.74) is 4.69. The van der Waals surface area contributed by atoms with Crippen molar-refractivity contribution in [2.75, 3.05) is 13.1 Å². The van der Waals surface area contributed by atoms with Crippen LogP contribution in [0.3, 0.4) is 0 Å². The molecule has 1 aliphatic heterocycles. The highest BCUT2D eigenvalue weighted by Crippen LogP contribution is 2.22. The van der Waals surface area contributed by atoms with Crippen molar-refractivity contribution in [3.05, 3.63) is 0 Å². The first-order valence-electron chi connectivity index (χ1n) is 4.63. The highest BCUT2D eigenvalue weighted by molar-refractivity contribution is 7.80. The van der Waals surface area contributed by atoms with Crippen LogP contribution in [0, 0.1) is 5.41 Å². The molecule has 1 amide bonds. The molecule has 1 rings (SSSR count). The van der Waals surface area contributed by atoms with Crippen LogP contribution in [0.25, 0.3) is 0 Å². The van der Waals surface area contributed by atoms with Crippen molar-refractivity contribution in [2.45, 2.75) is 26.4 Å². The predicted octanol–water partition coefficient (Wildman–Crippen LogP) is -0.108. The third kappa shape index (κ3) is 2.04. The number of thiocarbonyl (C=S) groups is 1. The van der Waals surface area contributed by atoms with Crippen molar-refractivity contribution in [2.24, 2.45) is 11.1 Å². The van der Waals surface area contributed by atoms with Gasteiger partial charge in [-0.2, -0.15) is 0 Å². The van der Waals surface area contributed by atoms with Gasteiger partial charge in [0.2, 0.25) is 5.91 Å². The van der Waals surface area contributed by atoms with E-state index in [4.69, 9.17) is 18.0 Å². The van der Waals surface area contributed by atoms with Gasteiger partial charge in [0.1, 0.15) is 0 Å². The fourth-order valence-corrected chi connectivity index (χ4v) is 1.51. The van der Waals surface area contributed by atoms with Crippen LogP contribution in [0.4, 0.5) is 0 Å². The molecule has 0 aliphatic carbocycles. The Labute approximate surface area is 89.1 Å². The summed E-state index contributed by atoms with van der Waals surface area (Å²) in [6, 6.07) is 0. The highest BCUT2D eigenvalue weighted by atomic mass is 32.1. The SMILES string of the molecule is CC(C)(C(=O)N1CCC(O)C1)C(N)=S. The van der Waals surface area contributed by atoms with E-state index in [0.717, 1.165) is 0 Å². The number of amides is 1. The zero-order valence-electron chi connectivity index (χ0n) is 8.49. The molecular weight excluding hydrogens is 200 g/mol. The van der Waals surface area contributed by atoms with Crippen LogP contribution in [0.15, 0.2) is 0 Å². The predicted molar refractivity (Wildman–Crippen MR) is 57.8 cm³/mol. The molecule has 0 spiro atoms. The van der Waals surface area contributed by atoms with Crippen molar-refractivity contribution in [3.8, 4) is 0 Å². The van der Waals surface area contributed by atoms with E-state index in [-0.39, 0.29) is 10.9 Å². The van der Waals surface area contributed by atoms with Crippen LogP contribution >= 0.6 is 12.2 Å². The van der Waals surface area contributed by atoms with E-state index in [1.54, 1.807) is 18.7 Å². The van der Waals surface area contributed by atoms with E-state index < -0.39 is 11.5 Å². The molecule has 1 saturated heterocycles. The van der Waals surface area contributed by atoms with Crippen LogP contribution < -0.4 is 5.73 Å². The Morgan fingerprint density at radius 3 is 2.57 bits per heavy atom. The molecule has 80 valence electrons. The smallest absolute Gasteiger partial charge is 0.235 e. The number of aliphatic hydroxyl groups excluding tert-OH is 1. The summed E-state index contributed by atoms with van der Waals surface area (Å²) in [4.78, 5) is 13.7. The number of nitrogens with two attached hydrogens (primary N) is 1. The number of nitrogens with zero attached hydrogens (tertiary/aromatic N) is 1. The Kier molecular flexibility index (Phi) is 3.11. The molecule has 0 bridgehead atoms. The van der Waals surface area contributed by atoms with Gasteiger partial charge in [-0.15, -0.1) is 0 Å². The number of hydrogen-bond donors (Lipinski definition) is 2. The van der Waals surface area contributed by atoms with Crippen LogP contribution in [-0.2, 0) is 4.79 Å². The summed E-state index contributed by atoms with van der Waals surface area (Å²) >= 11 is 4.84. The lowest BCUT2D eigenvalue weighted by molar-refractivity contribution is -0.136. The lowest BCUT2D eigenvalue weighted by Crippen LogP contribution is -2.46. The minimum absolute atomic E-state index is 0.0958. The van der Waals surface area contributed by atoms with Gasteiger partial charge in [-0.25, -0.2) is 0 Å². The van der Waals surface area contributed by atoms with Crippen molar-refractivity contribution in [3.63, 3.8) is 0 Å². The maximum absolute atomic E-state index is 11.9. The average molecular weight is 216 g/mol. The molecule has 1 heterocycles. The zero-order chi connectivity index (χ0) is 10.9. The lowest BCUT2D eigenvalue weighted by atomic mass is 9.92. The van der Waals surface area contributed by atoms with Gasteiger partial charge in [0, 0.05) is 13.1 Å². The number of aliphatic hydroxyl groups is 1. The Bertz CT molecular complexity index is 266. The minimum Gasteiger partial charge on any atom is -0.392 e. The van der Waals surface area contributed by atoms with E-state index in [9.17, 15) is 9.90 Å². The Morgan fingerprint density at radius 1 is 1.64 bits per heavy atom. The van der Waals surface area contributed by atoms with E-state index >= 15 is 0 Å². The molecule has 3 N–H and O–H groups in total. The molecule has 1 fully saturated rings. The van der Waals surface area contributed by atoms with Crippen LogP contribution in [0.5, 0.6) is 0 Å². The number of carbonyl (C=O) groups excluding carboxylic acids is 1. The van der Waals surface area contributed by atoms with Crippen molar-refractivity contribution in [1.82, 2.24) is 4.90 Å². The largest absolute Gasteiger partial charge is 0.392 e. The molecule has 0 aromatic rings.